The Morgan fingerprint density at radius 2 is 1.78 bits per heavy atom. The van der Waals surface area contributed by atoms with E-state index in [-0.39, 0.29) is 5.70 Å². The van der Waals surface area contributed by atoms with Gasteiger partial charge in [0.25, 0.3) is 0 Å². The van der Waals surface area contributed by atoms with Crippen LogP contribution in [0.15, 0.2) is 53.2 Å². The molecule has 2 aromatic carbocycles. The van der Waals surface area contributed by atoms with Crippen LogP contribution in [0.2, 0.25) is 0 Å². The molecule has 0 bridgehead atoms. The van der Waals surface area contributed by atoms with E-state index in [0.717, 1.165) is 16.9 Å². The van der Waals surface area contributed by atoms with Crippen LogP contribution in [-0.4, -0.2) is 32.7 Å². The van der Waals surface area contributed by atoms with Gasteiger partial charge in [-0.15, -0.1) is 0 Å². The Bertz CT molecular complexity index is 884. The molecule has 0 unspecified atom stereocenters. The highest BCUT2D eigenvalue weighted by molar-refractivity contribution is 6.07. The van der Waals surface area contributed by atoms with Crippen LogP contribution >= 0.6 is 0 Å². The van der Waals surface area contributed by atoms with Crippen molar-refractivity contribution in [2.45, 2.75) is 13.3 Å². The first-order chi connectivity index (χ1) is 13.1. The lowest BCUT2D eigenvalue weighted by Gasteiger charge is -2.09. The maximum absolute atomic E-state index is 12.1. The molecule has 0 radical (unpaired) electrons. The lowest BCUT2D eigenvalue weighted by atomic mass is 10.1. The fourth-order valence-corrected chi connectivity index (χ4v) is 2.68. The van der Waals surface area contributed by atoms with Crippen LogP contribution in [0.3, 0.4) is 0 Å². The van der Waals surface area contributed by atoms with Gasteiger partial charge in [0.15, 0.2) is 17.2 Å². The van der Waals surface area contributed by atoms with Gasteiger partial charge in [0.2, 0.25) is 5.90 Å². The summed E-state index contributed by atoms with van der Waals surface area (Å²) in [6.07, 6.45) is 2.08. The molecule has 1 aliphatic heterocycles. The largest absolute Gasteiger partial charge is 0.494 e. The molecule has 0 amide bonds. The molecule has 0 fully saturated rings. The average Bonchev–Trinajstić information content (AvgIpc) is 3.02. The Morgan fingerprint density at radius 1 is 1.04 bits per heavy atom. The number of benzene rings is 2. The van der Waals surface area contributed by atoms with E-state index < -0.39 is 5.97 Å². The molecule has 0 atom stereocenters. The molecule has 3 rings (SSSR count). The minimum Gasteiger partial charge on any atom is -0.494 e. The number of rotatable bonds is 7. The van der Waals surface area contributed by atoms with Crippen LogP contribution in [0.1, 0.15) is 18.1 Å². The van der Waals surface area contributed by atoms with Gasteiger partial charge in [-0.2, -0.15) is 0 Å². The van der Waals surface area contributed by atoms with Crippen LogP contribution in [0.4, 0.5) is 0 Å². The van der Waals surface area contributed by atoms with Gasteiger partial charge in [-0.1, -0.05) is 18.2 Å². The van der Waals surface area contributed by atoms with Gasteiger partial charge in [-0.3, -0.25) is 0 Å². The monoisotopic (exact) mass is 367 g/mol. The van der Waals surface area contributed by atoms with Gasteiger partial charge < -0.3 is 18.9 Å². The van der Waals surface area contributed by atoms with Gasteiger partial charge in [0.1, 0.15) is 5.75 Å². The second kappa shape index (κ2) is 8.40. The highest BCUT2D eigenvalue weighted by Crippen LogP contribution is 2.28. The standard InChI is InChI=1S/C21H21NO5/c1-4-26-16-8-5-14(6-9-16)11-17-21(23)27-20(22-17)13-15-7-10-18(24-2)19(12-15)25-3/h5-12H,4,13H2,1-3H3/b17-11+. The second-order valence-electron chi connectivity index (χ2n) is 5.79. The number of carbonyl (C=O) groups excluding carboxylic acids is 1. The van der Waals surface area contributed by atoms with Crippen molar-refractivity contribution in [3.63, 3.8) is 0 Å². The Hall–Kier alpha value is -3.28. The summed E-state index contributed by atoms with van der Waals surface area (Å²) >= 11 is 0. The molecule has 0 saturated carbocycles. The molecule has 6 nitrogen and oxygen atoms in total. The number of nitrogens with zero attached hydrogens (tertiary/aromatic N) is 1. The molecule has 0 aromatic heterocycles. The van der Waals surface area contributed by atoms with Crippen LogP contribution < -0.4 is 14.2 Å². The molecule has 140 valence electrons. The van der Waals surface area contributed by atoms with Crippen molar-refractivity contribution in [3.05, 3.63) is 59.3 Å². The molecule has 0 N–H and O–H groups in total. The van der Waals surface area contributed by atoms with E-state index in [1.165, 1.54) is 0 Å². The summed E-state index contributed by atoms with van der Waals surface area (Å²) in [5, 5.41) is 0. The quantitative estimate of drug-likeness (QED) is 0.552. The normalized spacial score (nSPS) is 14.7. The van der Waals surface area contributed by atoms with E-state index in [0.29, 0.717) is 30.4 Å². The Labute approximate surface area is 158 Å². The Kier molecular flexibility index (Phi) is 5.76. The molecule has 0 saturated heterocycles. The minimum atomic E-state index is -0.459. The zero-order valence-electron chi connectivity index (χ0n) is 15.5. The molecule has 27 heavy (non-hydrogen) atoms. The first-order valence-corrected chi connectivity index (χ1v) is 8.58. The summed E-state index contributed by atoms with van der Waals surface area (Å²) < 4.78 is 21.2. The predicted molar refractivity (Wildman–Crippen MR) is 102 cm³/mol. The van der Waals surface area contributed by atoms with E-state index in [1.54, 1.807) is 20.3 Å². The lowest BCUT2D eigenvalue weighted by Crippen LogP contribution is -2.07. The summed E-state index contributed by atoms with van der Waals surface area (Å²) in [7, 11) is 3.16. The SMILES string of the molecule is CCOc1ccc(/C=C2/N=C(Cc3ccc(OC)c(OC)c3)OC2=O)cc1. The van der Waals surface area contributed by atoms with Crippen molar-refractivity contribution in [1.82, 2.24) is 0 Å². The van der Waals surface area contributed by atoms with E-state index in [9.17, 15) is 4.79 Å². The van der Waals surface area contributed by atoms with Crippen molar-refractivity contribution in [2.75, 3.05) is 20.8 Å². The van der Waals surface area contributed by atoms with Gasteiger partial charge in [-0.25, -0.2) is 9.79 Å². The summed E-state index contributed by atoms with van der Waals surface area (Å²) in [5.74, 6) is 1.93. The summed E-state index contributed by atoms with van der Waals surface area (Å²) in [4.78, 5) is 16.4. The van der Waals surface area contributed by atoms with E-state index in [1.807, 2.05) is 49.4 Å². The number of hydrogen-bond donors (Lipinski definition) is 0. The Balaban J connectivity index is 1.75. The number of cyclic esters (lactones) is 1. The average molecular weight is 367 g/mol. The lowest BCUT2D eigenvalue weighted by molar-refractivity contribution is -0.130. The molecule has 6 heteroatoms. The molecular formula is C21H21NO5. The summed E-state index contributed by atoms with van der Waals surface area (Å²) in [6.45, 7) is 2.54. The zero-order valence-corrected chi connectivity index (χ0v) is 15.5. The number of methoxy groups -OCH3 is 2. The van der Waals surface area contributed by atoms with Gasteiger partial charge >= 0.3 is 5.97 Å². The Morgan fingerprint density at radius 3 is 2.44 bits per heavy atom. The third-order valence-corrected chi connectivity index (χ3v) is 3.96. The van der Waals surface area contributed by atoms with Gasteiger partial charge in [0, 0.05) is 6.42 Å². The highest BCUT2D eigenvalue weighted by atomic mass is 16.6. The summed E-state index contributed by atoms with van der Waals surface area (Å²) in [6, 6.07) is 13.0. The maximum atomic E-state index is 12.1. The van der Waals surface area contributed by atoms with Crippen LogP contribution in [0, 0.1) is 0 Å². The van der Waals surface area contributed by atoms with Crippen molar-refractivity contribution in [2.24, 2.45) is 4.99 Å². The maximum Gasteiger partial charge on any atom is 0.363 e. The van der Waals surface area contributed by atoms with Crippen LogP contribution in [0.25, 0.3) is 6.08 Å². The van der Waals surface area contributed by atoms with Crippen LogP contribution in [-0.2, 0) is 16.0 Å². The fraction of sp³-hybridized carbons (Fsp3) is 0.238. The second-order valence-corrected chi connectivity index (χ2v) is 5.79. The molecule has 0 aliphatic carbocycles. The minimum absolute atomic E-state index is 0.273. The van der Waals surface area contributed by atoms with E-state index >= 15 is 0 Å². The molecule has 0 spiro atoms. The van der Waals surface area contributed by atoms with Gasteiger partial charge in [0.05, 0.1) is 20.8 Å². The number of carbonyl (C=O) groups is 1. The topological polar surface area (TPSA) is 66.3 Å². The molecular weight excluding hydrogens is 346 g/mol. The smallest absolute Gasteiger partial charge is 0.363 e. The molecule has 1 aliphatic rings. The molecule has 1 heterocycles. The van der Waals surface area contributed by atoms with Crippen molar-refractivity contribution in [3.8, 4) is 17.2 Å². The van der Waals surface area contributed by atoms with Crippen molar-refractivity contribution in [1.29, 1.82) is 0 Å². The highest BCUT2D eigenvalue weighted by Gasteiger charge is 2.23. The predicted octanol–water partition coefficient (Wildman–Crippen LogP) is 3.64. The molecule has 2 aromatic rings. The number of aliphatic imine (C=N–C) groups is 1. The number of ether oxygens (including phenoxy) is 4. The third-order valence-electron chi connectivity index (χ3n) is 3.96. The van der Waals surface area contributed by atoms with Crippen molar-refractivity contribution >= 4 is 17.9 Å². The van der Waals surface area contributed by atoms with E-state index in [2.05, 4.69) is 4.99 Å². The van der Waals surface area contributed by atoms with Crippen LogP contribution in [0.5, 0.6) is 17.2 Å². The number of esters is 1. The summed E-state index contributed by atoms with van der Waals surface area (Å²) in [5.41, 5.74) is 2.03. The van der Waals surface area contributed by atoms with Crippen molar-refractivity contribution < 1.29 is 23.7 Å². The van der Waals surface area contributed by atoms with E-state index in [4.69, 9.17) is 18.9 Å². The first-order valence-electron chi connectivity index (χ1n) is 8.58. The fourth-order valence-electron chi connectivity index (χ4n) is 2.68. The van der Waals surface area contributed by atoms with Gasteiger partial charge in [-0.05, 0) is 48.4 Å². The third kappa shape index (κ3) is 4.47. The zero-order chi connectivity index (χ0) is 19.2. The first kappa shape index (κ1) is 18.5. The number of hydrogen-bond acceptors (Lipinski definition) is 6.